The third-order valence-electron chi connectivity index (χ3n) is 2.61. The number of sulfonamides is 1. The van der Waals surface area contributed by atoms with E-state index in [-0.39, 0.29) is 5.25 Å². The predicted octanol–water partition coefficient (Wildman–Crippen LogP) is 1.25. The van der Waals surface area contributed by atoms with E-state index in [1.54, 1.807) is 0 Å². The van der Waals surface area contributed by atoms with Crippen molar-refractivity contribution in [3.05, 3.63) is 22.4 Å². The van der Waals surface area contributed by atoms with Crippen molar-refractivity contribution < 1.29 is 13.5 Å². The van der Waals surface area contributed by atoms with Crippen molar-refractivity contribution >= 4 is 21.4 Å². The van der Waals surface area contributed by atoms with E-state index < -0.39 is 16.1 Å². The van der Waals surface area contributed by atoms with E-state index in [4.69, 9.17) is 0 Å². The standard InChI is InChI=1S/C10H15NO3S2/c12-10(8-4-6-15-7-8)3-5-11-16(13,14)9-1-2-9/h4,6-7,9-12H,1-3,5H2. The molecule has 0 radical (unpaired) electrons. The monoisotopic (exact) mass is 261 g/mol. The van der Waals surface area contributed by atoms with Gasteiger partial charge in [-0.15, -0.1) is 0 Å². The van der Waals surface area contributed by atoms with Crippen molar-refractivity contribution in [2.45, 2.75) is 30.6 Å². The second-order valence-corrected chi connectivity index (χ2v) is 6.83. The molecule has 6 heteroatoms. The largest absolute Gasteiger partial charge is 0.388 e. The van der Waals surface area contributed by atoms with Crippen molar-refractivity contribution in [1.82, 2.24) is 4.72 Å². The minimum Gasteiger partial charge on any atom is -0.388 e. The Kier molecular flexibility index (Phi) is 3.63. The highest BCUT2D eigenvalue weighted by atomic mass is 32.2. The molecular formula is C10H15NO3S2. The number of aliphatic hydroxyl groups is 1. The van der Waals surface area contributed by atoms with Gasteiger partial charge in [0.25, 0.3) is 0 Å². The molecule has 0 bridgehead atoms. The fourth-order valence-corrected chi connectivity index (χ4v) is 3.57. The molecule has 1 atom stereocenters. The molecule has 1 aromatic rings. The van der Waals surface area contributed by atoms with Gasteiger partial charge in [0.15, 0.2) is 0 Å². The smallest absolute Gasteiger partial charge is 0.214 e. The van der Waals surface area contributed by atoms with Gasteiger partial charge >= 0.3 is 0 Å². The molecule has 2 rings (SSSR count). The van der Waals surface area contributed by atoms with Crippen molar-refractivity contribution in [2.75, 3.05) is 6.54 Å². The lowest BCUT2D eigenvalue weighted by Crippen LogP contribution is -2.28. The first-order valence-corrected chi connectivity index (χ1v) is 7.77. The van der Waals surface area contributed by atoms with Gasteiger partial charge in [-0.2, -0.15) is 11.3 Å². The van der Waals surface area contributed by atoms with E-state index in [9.17, 15) is 13.5 Å². The molecule has 0 saturated heterocycles. The van der Waals surface area contributed by atoms with Gasteiger partial charge in [-0.3, -0.25) is 0 Å². The fraction of sp³-hybridized carbons (Fsp3) is 0.600. The third kappa shape index (κ3) is 3.04. The first kappa shape index (κ1) is 12.0. The lowest BCUT2D eigenvalue weighted by atomic mass is 10.1. The van der Waals surface area contributed by atoms with E-state index >= 15 is 0 Å². The maximum Gasteiger partial charge on any atom is 0.214 e. The summed E-state index contributed by atoms with van der Waals surface area (Å²) < 4.78 is 25.5. The minimum atomic E-state index is -3.11. The van der Waals surface area contributed by atoms with E-state index in [0.717, 1.165) is 18.4 Å². The van der Waals surface area contributed by atoms with Crippen LogP contribution in [0.1, 0.15) is 30.9 Å². The Morgan fingerprint density at radius 1 is 1.56 bits per heavy atom. The van der Waals surface area contributed by atoms with Gasteiger partial charge in [-0.05, 0) is 41.7 Å². The number of rotatable bonds is 6. The van der Waals surface area contributed by atoms with Crippen molar-refractivity contribution in [1.29, 1.82) is 0 Å². The van der Waals surface area contributed by atoms with Gasteiger partial charge in [-0.1, -0.05) is 0 Å². The Bertz CT molecular complexity index is 423. The van der Waals surface area contributed by atoms with Crippen LogP contribution in [0, 0.1) is 0 Å². The van der Waals surface area contributed by atoms with Gasteiger partial charge in [-0.25, -0.2) is 13.1 Å². The van der Waals surface area contributed by atoms with Crippen LogP contribution in [-0.2, 0) is 10.0 Å². The van der Waals surface area contributed by atoms with Crippen molar-refractivity contribution in [2.24, 2.45) is 0 Å². The van der Waals surface area contributed by atoms with E-state index in [2.05, 4.69) is 4.72 Å². The molecule has 0 aromatic carbocycles. The van der Waals surface area contributed by atoms with E-state index in [1.807, 2.05) is 16.8 Å². The molecule has 2 N–H and O–H groups in total. The minimum absolute atomic E-state index is 0.189. The lowest BCUT2D eigenvalue weighted by Gasteiger charge is -2.09. The molecule has 90 valence electrons. The highest BCUT2D eigenvalue weighted by Crippen LogP contribution is 2.27. The van der Waals surface area contributed by atoms with E-state index in [1.165, 1.54) is 11.3 Å². The first-order chi connectivity index (χ1) is 7.59. The van der Waals surface area contributed by atoms with Crippen LogP contribution >= 0.6 is 11.3 Å². The highest BCUT2D eigenvalue weighted by molar-refractivity contribution is 7.90. The molecular weight excluding hydrogens is 246 g/mol. The summed E-state index contributed by atoms with van der Waals surface area (Å²) in [6.45, 7) is 0.301. The van der Waals surface area contributed by atoms with Crippen LogP contribution in [-0.4, -0.2) is 25.3 Å². The summed E-state index contributed by atoms with van der Waals surface area (Å²) in [5.74, 6) is 0. The fourth-order valence-electron chi connectivity index (χ4n) is 1.47. The van der Waals surface area contributed by atoms with Crippen molar-refractivity contribution in [3.63, 3.8) is 0 Å². The summed E-state index contributed by atoms with van der Waals surface area (Å²) in [5.41, 5.74) is 0.857. The molecule has 1 saturated carbocycles. The zero-order valence-corrected chi connectivity index (χ0v) is 10.4. The summed E-state index contributed by atoms with van der Waals surface area (Å²) >= 11 is 1.52. The zero-order valence-electron chi connectivity index (χ0n) is 8.80. The van der Waals surface area contributed by atoms with Crippen LogP contribution in [0.4, 0.5) is 0 Å². The summed E-state index contributed by atoms with van der Waals surface area (Å²) in [4.78, 5) is 0. The quantitative estimate of drug-likeness (QED) is 0.810. The topological polar surface area (TPSA) is 66.4 Å². The van der Waals surface area contributed by atoms with Gasteiger partial charge < -0.3 is 5.11 Å². The Labute approximate surface area is 99.4 Å². The molecule has 4 nitrogen and oxygen atoms in total. The number of aliphatic hydroxyl groups excluding tert-OH is 1. The van der Waals surface area contributed by atoms with Crippen LogP contribution in [0.15, 0.2) is 16.8 Å². The molecule has 16 heavy (non-hydrogen) atoms. The molecule has 1 fully saturated rings. The Balaban J connectivity index is 1.76. The molecule has 0 spiro atoms. The lowest BCUT2D eigenvalue weighted by molar-refractivity contribution is 0.169. The molecule has 0 amide bonds. The second-order valence-electron chi connectivity index (χ2n) is 4.00. The second kappa shape index (κ2) is 4.83. The normalized spacial score (nSPS) is 18.6. The maximum absolute atomic E-state index is 11.5. The number of hydrogen-bond acceptors (Lipinski definition) is 4. The summed E-state index contributed by atoms with van der Waals surface area (Å²) in [5, 5.41) is 13.3. The summed E-state index contributed by atoms with van der Waals surface area (Å²) in [6, 6.07) is 1.85. The number of nitrogens with one attached hydrogen (secondary N) is 1. The van der Waals surface area contributed by atoms with Gasteiger partial charge in [0.1, 0.15) is 0 Å². The van der Waals surface area contributed by atoms with Crippen molar-refractivity contribution in [3.8, 4) is 0 Å². The van der Waals surface area contributed by atoms with E-state index in [0.29, 0.717) is 13.0 Å². The predicted molar refractivity (Wildman–Crippen MR) is 63.8 cm³/mol. The average molecular weight is 261 g/mol. The van der Waals surface area contributed by atoms with Crippen LogP contribution < -0.4 is 4.72 Å². The Hall–Kier alpha value is -0.430. The zero-order chi connectivity index (χ0) is 11.6. The summed E-state index contributed by atoms with van der Waals surface area (Å²) in [6.07, 6.45) is 1.38. The molecule has 1 aliphatic rings. The highest BCUT2D eigenvalue weighted by Gasteiger charge is 2.35. The van der Waals surface area contributed by atoms with Crippen LogP contribution in [0.5, 0.6) is 0 Å². The maximum atomic E-state index is 11.5. The van der Waals surface area contributed by atoms with Crippen LogP contribution in [0.25, 0.3) is 0 Å². The van der Waals surface area contributed by atoms with Gasteiger partial charge in [0.05, 0.1) is 11.4 Å². The molecule has 1 unspecified atom stereocenters. The SMILES string of the molecule is O=S(=O)(NCCC(O)c1ccsc1)C1CC1. The summed E-state index contributed by atoms with van der Waals surface area (Å²) in [7, 11) is -3.11. The molecule has 0 aliphatic heterocycles. The Morgan fingerprint density at radius 3 is 2.88 bits per heavy atom. The van der Waals surface area contributed by atoms with Crippen LogP contribution in [0.3, 0.4) is 0 Å². The molecule has 1 heterocycles. The van der Waals surface area contributed by atoms with Gasteiger partial charge in [0, 0.05) is 6.54 Å². The average Bonchev–Trinajstić information content (AvgIpc) is 2.95. The molecule has 1 aromatic heterocycles. The third-order valence-corrected chi connectivity index (χ3v) is 5.27. The van der Waals surface area contributed by atoms with Crippen LogP contribution in [0.2, 0.25) is 0 Å². The van der Waals surface area contributed by atoms with Gasteiger partial charge in [0.2, 0.25) is 10.0 Å². The first-order valence-electron chi connectivity index (χ1n) is 5.28. The Morgan fingerprint density at radius 2 is 2.31 bits per heavy atom. The molecule has 1 aliphatic carbocycles. The number of hydrogen-bond donors (Lipinski definition) is 2. The number of thiophene rings is 1.